The summed E-state index contributed by atoms with van der Waals surface area (Å²) in [7, 11) is 0. The van der Waals surface area contributed by atoms with Crippen LogP contribution in [0.3, 0.4) is 0 Å². The highest BCUT2D eigenvalue weighted by molar-refractivity contribution is 7.99. The lowest BCUT2D eigenvalue weighted by Gasteiger charge is -2.33. The van der Waals surface area contributed by atoms with Gasteiger partial charge in [-0.2, -0.15) is 0 Å². The van der Waals surface area contributed by atoms with Gasteiger partial charge in [0.15, 0.2) is 0 Å². The Morgan fingerprint density at radius 2 is 2.31 bits per heavy atom. The average molecular weight is 192 g/mol. The van der Waals surface area contributed by atoms with Gasteiger partial charge in [-0.1, -0.05) is 12.1 Å². The molecule has 0 bridgehead atoms. The summed E-state index contributed by atoms with van der Waals surface area (Å²) in [5.41, 5.74) is 2.67. The summed E-state index contributed by atoms with van der Waals surface area (Å²) in [6.45, 7) is 1.10. The number of nitrogens with one attached hydrogen (secondary N) is 1. The van der Waals surface area contributed by atoms with Crippen molar-refractivity contribution in [2.75, 3.05) is 28.4 Å². The fourth-order valence-corrected chi connectivity index (χ4v) is 3.24. The Hall–Kier alpha value is -0.830. The van der Waals surface area contributed by atoms with Crippen molar-refractivity contribution >= 4 is 23.1 Å². The molecule has 3 rings (SSSR count). The number of hydrogen-bond donors (Lipinski definition) is 1. The van der Waals surface area contributed by atoms with Crippen LogP contribution in [0.5, 0.6) is 0 Å². The highest BCUT2D eigenvalue weighted by atomic mass is 32.2. The van der Waals surface area contributed by atoms with Crippen LogP contribution < -0.4 is 10.2 Å². The van der Waals surface area contributed by atoms with E-state index in [-0.39, 0.29) is 0 Å². The van der Waals surface area contributed by atoms with Gasteiger partial charge in [-0.05, 0) is 12.1 Å². The molecule has 2 heterocycles. The first-order valence-corrected chi connectivity index (χ1v) is 5.78. The number of anilines is 2. The van der Waals surface area contributed by atoms with Crippen molar-refractivity contribution in [3.8, 4) is 0 Å². The first-order valence-electron chi connectivity index (χ1n) is 4.62. The third-order valence-electron chi connectivity index (χ3n) is 2.72. The zero-order chi connectivity index (χ0) is 8.67. The van der Waals surface area contributed by atoms with Gasteiger partial charge in [0.2, 0.25) is 0 Å². The van der Waals surface area contributed by atoms with Crippen LogP contribution in [0.15, 0.2) is 24.3 Å². The maximum absolute atomic E-state index is 3.48. The molecule has 2 aliphatic rings. The summed E-state index contributed by atoms with van der Waals surface area (Å²) in [4.78, 5) is 2.51. The molecular weight excluding hydrogens is 180 g/mol. The molecule has 1 atom stereocenters. The molecule has 68 valence electrons. The first kappa shape index (κ1) is 7.56. The van der Waals surface area contributed by atoms with E-state index in [1.54, 1.807) is 0 Å². The fourth-order valence-electron chi connectivity index (χ4n) is 2.02. The Bertz CT molecular complexity index is 326. The molecule has 1 aromatic carbocycles. The molecule has 0 unspecified atom stereocenters. The summed E-state index contributed by atoms with van der Waals surface area (Å²) < 4.78 is 0. The molecule has 1 aromatic rings. The van der Waals surface area contributed by atoms with Crippen LogP contribution in [0.2, 0.25) is 0 Å². The summed E-state index contributed by atoms with van der Waals surface area (Å²) in [5.74, 6) is 2.42. The van der Waals surface area contributed by atoms with Gasteiger partial charge in [-0.3, -0.25) is 0 Å². The Kier molecular flexibility index (Phi) is 1.65. The maximum atomic E-state index is 3.48. The van der Waals surface area contributed by atoms with E-state index < -0.39 is 0 Å². The van der Waals surface area contributed by atoms with Crippen molar-refractivity contribution in [2.45, 2.75) is 6.04 Å². The van der Waals surface area contributed by atoms with E-state index in [2.05, 4.69) is 34.5 Å². The molecule has 1 N–H and O–H groups in total. The molecule has 0 aliphatic carbocycles. The maximum Gasteiger partial charge on any atom is 0.0645 e. The second kappa shape index (κ2) is 2.84. The zero-order valence-corrected chi connectivity index (χ0v) is 8.18. The van der Waals surface area contributed by atoms with Crippen molar-refractivity contribution in [2.24, 2.45) is 0 Å². The minimum Gasteiger partial charge on any atom is -0.381 e. The van der Waals surface area contributed by atoms with E-state index in [1.165, 1.54) is 17.1 Å². The topological polar surface area (TPSA) is 15.3 Å². The molecule has 3 heteroatoms. The number of nitrogens with zero attached hydrogens (tertiary/aromatic N) is 1. The molecular formula is C10H12N2S. The highest BCUT2D eigenvalue weighted by Crippen LogP contribution is 2.36. The number of fused-ring (bicyclic) bond motifs is 3. The Morgan fingerprint density at radius 3 is 3.31 bits per heavy atom. The molecule has 0 amide bonds. The van der Waals surface area contributed by atoms with E-state index in [9.17, 15) is 0 Å². The van der Waals surface area contributed by atoms with E-state index in [0.29, 0.717) is 6.04 Å². The van der Waals surface area contributed by atoms with Crippen molar-refractivity contribution in [3.63, 3.8) is 0 Å². The quantitative estimate of drug-likeness (QED) is 0.676. The lowest BCUT2D eigenvalue weighted by atomic mass is 10.1. The van der Waals surface area contributed by atoms with Crippen LogP contribution in [0.1, 0.15) is 0 Å². The van der Waals surface area contributed by atoms with E-state index >= 15 is 0 Å². The van der Waals surface area contributed by atoms with E-state index in [4.69, 9.17) is 0 Å². The lowest BCUT2D eigenvalue weighted by molar-refractivity contribution is 0.722. The molecule has 13 heavy (non-hydrogen) atoms. The number of hydrogen-bond acceptors (Lipinski definition) is 3. The second-order valence-corrected chi connectivity index (χ2v) is 4.52. The Balaban J connectivity index is 2.06. The molecule has 0 spiro atoms. The Morgan fingerprint density at radius 1 is 1.38 bits per heavy atom. The summed E-state index contributed by atoms with van der Waals surface area (Å²) in [6, 6.07) is 9.29. The molecule has 1 fully saturated rings. The lowest BCUT2D eigenvalue weighted by Crippen LogP contribution is -2.40. The third kappa shape index (κ3) is 1.10. The monoisotopic (exact) mass is 192 g/mol. The van der Waals surface area contributed by atoms with Gasteiger partial charge >= 0.3 is 0 Å². The molecule has 0 saturated carbocycles. The van der Waals surface area contributed by atoms with E-state index in [1.807, 2.05) is 11.8 Å². The predicted octanol–water partition coefficient (Wildman–Crippen LogP) is 1.99. The highest BCUT2D eigenvalue weighted by Gasteiger charge is 2.29. The van der Waals surface area contributed by atoms with Crippen LogP contribution in [-0.2, 0) is 0 Å². The number of para-hydroxylation sites is 2. The smallest absolute Gasteiger partial charge is 0.0645 e. The van der Waals surface area contributed by atoms with Crippen LogP contribution in [0, 0.1) is 0 Å². The van der Waals surface area contributed by atoms with E-state index in [0.717, 1.165) is 12.4 Å². The van der Waals surface area contributed by atoms with Gasteiger partial charge < -0.3 is 10.2 Å². The third-order valence-corrected chi connectivity index (χ3v) is 3.80. The van der Waals surface area contributed by atoms with Crippen molar-refractivity contribution in [3.05, 3.63) is 24.3 Å². The Labute approximate surface area is 82.3 Å². The van der Waals surface area contributed by atoms with Gasteiger partial charge in [0.05, 0.1) is 23.3 Å². The molecule has 2 nitrogen and oxygen atoms in total. The molecule has 0 aromatic heterocycles. The largest absolute Gasteiger partial charge is 0.381 e. The van der Waals surface area contributed by atoms with Gasteiger partial charge in [0.1, 0.15) is 0 Å². The summed E-state index contributed by atoms with van der Waals surface area (Å²) in [6.07, 6.45) is 0. The number of rotatable bonds is 0. The van der Waals surface area contributed by atoms with Gasteiger partial charge in [-0.25, -0.2) is 0 Å². The van der Waals surface area contributed by atoms with Gasteiger partial charge in [-0.15, -0.1) is 11.8 Å². The van der Waals surface area contributed by atoms with Crippen molar-refractivity contribution in [1.82, 2.24) is 0 Å². The number of benzene rings is 1. The minimum atomic E-state index is 0.708. The van der Waals surface area contributed by atoms with Crippen molar-refractivity contribution in [1.29, 1.82) is 0 Å². The zero-order valence-electron chi connectivity index (χ0n) is 7.36. The first-order chi connectivity index (χ1) is 6.45. The average Bonchev–Trinajstić information content (AvgIpc) is 2.65. The second-order valence-electron chi connectivity index (χ2n) is 3.52. The fraction of sp³-hybridized carbons (Fsp3) is 0.400. The van der Waals surface area contributed by atoms with Crippen molar-refractivity contribution < 1.29 is 0 Å². The van der Waals surface area contributed by atoms with Crippen LogP contribution in [-0.4, -0.2) is 24.2 Å². The molecule has 2 aliphatic heterocycles. The number of thioether (sulfide) groups is 1. The van der Waals surface area contributed by atoms with Gasteiger partial charge in [0, 0.05) is 12.3 Å². The minimum absolute atomic E-state index is 0.708. The van der Waals surface area contributed by atoms with Crippen LogP contribution in [0.25, 0.3) is 0 Å². The SMILES string of the molecule is c1ccc2c(c1)NC[C@H]1CSCN21. The van der Waals surface area contributed by atoms with Crippen LogP contribution >= 0.6 is 11.8 Å². The molecule has 0 radical (unpaired) electrons. The molecule has 1 saturated heterocycles. The summed E-state index contributed by atoms with van der Waals surface area (Å²) in [5, 5.41) is 3.48. The predicted molar refractivity (Wildman–Crippen MR) is 58.5 cm³/mol. The standard InChI is InChI=1S/C10H12N2S/c1-2-4-10-9(3-1)11-5-8-6-13-7-12(8)10/h1-4,8,11H,5-7H2/t8-/m0/s1. The van der Waals surface area contributed by atoms with Gasteiger partial charge in [0.25, 0.3) is 0 Å². The normalized spacial score (nSPS) is 24.9. The van der Waals surface area contributed by atoms with Crippen LogP contribution in [0.4, 0.5) is 11.4 Å². The summed E-state index contributed by atoms with van der Waals surface area (Å²) >= 11 is 2.03.